The molecule has 0 bridgehead atoms. The summed E-state index contributed by atoms with van der Waals surface area (Å²) in [6, 6.07) is 0. The molecule has 5 unspecified atom stereocenters. The Labute approximate surface area is 134 Å². The first-order valence-electron chi connectivity index (χ1n) is 8.81. The Morgan fingerprint density at radius 3 is 2.64 bits per heavy atom. The first-order chi connectivity index (χ1) is 10.2. The van der Waals surface area contributed by atoms with Crippen molar-refractivity contribution in [2.45, 2.75) is 65.9 Å². The minimum absolute atomic E-state index is 0.127. The van der Waals surface area contributed by atoms with Gasteiger partial charge in [-0.3, -0.25) is 4.79 Å². The lowest BCUT2D eigenvalue weighted by Crippen LogP contribution is -2.48. The summed E-state index contributed by atoms with van der Waals surface area (Å²) in [7, 11) is 0. The molecule has 2 nitrogen and oxygen atoms in total. The number of aliphatic hydroxyl groups excluding tert-OH is 1. The second-order valence-corrected chi connectivity index (χ2v) is 8.74. The molecule has 1 N–H and O–H groups in total. The van der Waals surface area contributed by atoms with Gasteiger partial charge >= 0.3 is 0 Å². The smallest absolute Gasteiger partial charge is 0.162 e. The molecule has 0 aromatic carbocycles. The Morgan fingerprint density at radius 1 is 1.32 bits per heavy atom. The third-order valence-electron chi connectivity index (χ3n) is 6.99. The Bertz CT molecular complexity index is 544. The summed E-state index contributed by atoms with van der Waals surface area (Å²) >= 11 is 0. The summed E-state index contributed by atoms with van der Waals surface area (Å²) < 4.78 is 0. The maximum absolute atomic E-state index is 12.7. The minimum Gasteiger partial charge on any atom is -0.389 e. The average molecular weight is 302 g/mol. The maximum atomic E-state index is 12.7. The molecular weight excluding hydrogens is 272 g/mol. The largest absolute Gasteiger partial charge is 0.389 e. The Hall–Kier alpha value is -0.890. The topological polar surface area (TPSA) is 37.3 Å². The van der Waals surface area contributed by atoms with Gasteiger partial charge in [0.2, 0.25) is 0 Å². The van der Waals surface area contributed by atoms with Crippen molar-refractivity contribution in [3.63, 3.8) is 0 Å². The van der Waals surface area contributed by atoms with Gasteiger partial charge in [-0.05, 0) is 66.9 Å². The Morgan fingerprint density at radius 2 is 2.00 bits per heavy atom. The van der Waals surface area contributed by atoms with E-state index in [4.69, 9.17) is 0 Å². The van der Waals surface area contributed by atoms with Crippen LogP contribution in [-0.2, 0) is 4.79 Å². The predicted molar refractivity (Wildman–Crippen MR) is 89.4 cm³/mol. The number of fused-ring (bicyclic) bond motifs is 3. The first-order valence-corrected chi connectivity index (χ1v) is 8.81. The van der Waals surface area contributed by atoms with Crippen molar-refractivity contribution >= 4 is 5.78 Å². The highest BCUT2D eigenvalue weighted by Crippen LogP contribution is 2.63. The van der Waals surface area contributed by atoms with Gasteiger partial charge in [0.05, 0.1) is 6.10 Å². The molecule has 2 heteroatoms. The molecule has 2 saturated carbocycles. The van der Waals surface area contributed by atoms with Gasteiger partial charge in [-0.1, -0.05) is 39.8 Å². The van der Waals surface area contributed by atoms with Gasteiger partial charge in [-0.15, -0.1) is 0 Å². The van der Waals surface area contributed by atoms with E-state index in [1.165, 1.54) is 5.57 Å². The van der Waals surface area contributed by atoms with Crippen LogP contribution in [0.5, 0.6) is 0 Å². The highest BCUT2D eigenvalue weighted by Gasteiger charge is 2.58. The van der Waals surface area contributed by atoms with Crippen LogP contribution in [0.25, 0.3) is 0 Å². The van der Waals surface area contributed by atoms with Gasteiger partial charge in [0, 0.05) is 5.41 Å². The minimum atomic E-state index is -0.372. The molecular formula is C20H30O2. The molecule has 5 atom stereocenters. The summed E-state index contributed by atoms with van der Waals surface area (Å²) in [6.45, 7) is 13.0. The quantitative estimate of drug-likeness (QED) is 0.734. The number of aliphatic hydroxyl groups is 1. The number of allylic oxidation sites excluding steroid dienone is 2. The Kier molecular flexibility index (Phi) is 3.67. The molecule has 0 amide bonds. The summed E-state index contributed by atoms with van der Waals surface area (Å²) in [5.41, 5.74) is 2.25. The van der Waals surface area contributed by atoms with Crippen LogP contribution in [0.2, 0.25) is 0 Å². The highest BCUT2D eigenvalue weighted by molar-refractivity contribution is 5.99. The summed E-state index contributed by atoms with van der Waals surface area (Å²) in [4.78, 5) is 12.7. The van der Waals surface area contributed by atoms with Gasteiger partial charge in [-0.25, -0.2) is 0 Å². The van der Waals surface area contributed by atoms with Crippen molar-refractivity contribution in [2.75, 3.05) is 0 Å². The lowest BCUT2D eigenvalue weighted by Gasteiger charge is -2.52. The van der Waals surface area contributed by atoms with Crippen molar-refractivity contribution in [1.82, 2.24) is 0 Å². The standard InChI is InChI=1S/C20H30O2/c1-12(2)14-10-17(22)20(5)9-8-19(4)11-16(21)13(3)6-7-15(19)18(14)20/h10,12,15-16,18,21H,3,6-9,11H2,1-2,4-5H3. The number of carbonyl (C=O) groups excluding carboxylic acids is 1. The van der Waals surface area contributed by atoms with Crippen LogP contribution in [0.1, 0.15) is 59.8 Å². The molecule has 0 heterocycles. The van der Waals surface area contributed by atoms with Crippen molar-refractivity contribution < 1.29 is 9.90 Å². The molecule has 122 valence electrons. The van der Waals surface area contributed by atoms with Gasteiger partial charge in [0.1, 0.15) is 0 Å². The second kappa shape index (κ2) is 5.06. The molecule has 0 aromatic heterocycles. The van der Waals surface area contributed by atoms with E-state index in [0.29, 0.717) is 23.5 Å². The SMILES string of the molecule is C=C1CCC2C3C(C(C)C)=CC(=O)C3(C)CCC2(C)CC1O. The lowest BCUT2D eigenvalue weighted by atomic mass is 9.51. The number of carbonyl (C=O) groups is 1. The van der Waals surface area contributed by atoms with Gasteiger partial charge in [0.15, 0.2) is 5.78 Å². The maximum Gasteiger partial charge on any atom is 0.162 e. The molecule has 3 rings (SSSR count). The van der Waals surface area contributed by atoms with E-state index in [-0.39, 0.29) is 16.9 Å². The van der Waals surface area contributed by atoms with Crippen LogP contribution >= 0.6 is 0 Å². The fourth-order valence-electron chi connectivity index (χ4n) is 5.40. The van der Waals surface area contributed by atoms with E-state index in [0.717, 1.165) is 37.7 Å². The number of rotatable bonds is 1. The third-order valence-corrected chi connectivity index (χ3v) is 6.99. The van der Waals surface area contributed by atoms with E-state index < -0.39 is 0 Å². The molecule has 0 aliphatic heterocycles. The van der Waals surface area contributed by atoms with Crippen molar-refractivity contribution in [3.05, 3.63) is 23.8 Å². The fourth-order valence-corrected chi connectivity index (χ4v) is 5.40. The molecule has 3 aliphatic carbocycles. The number of ketones is 1. The average Bonchev–Trinajstić information content (AvgIpc) is 2.64. The first kappa shape index (κ1) is 16.0. The van der Waals surface area contributed by atoms with E-state index in [1.54, 1.807) is 0 Å². The fraction of sp³-hybridized carbons (Fsp3) is 0.750. The summed E-state index contributed by atoms with van der Waals surface area (Å²) in [5.74, 6) is 1.61. The van der Waals surface area contributed by atoms with Crippen LogP contribution < -0.4 is 0 Å². The predicted octanol–water partition coefficient (Wildman–Crippen LogP) is 4.29. The van der Waals surface area contributed by atoms with Crippen molar-refractivity contribution in [3.8, 4) is 0 Å². The zero-order chi connectivity index (χ0) is 16.3. The van der Waals surface area contributed by atoms with Crippen LogP contribution in [0.4, 0.5) is 0 Å². The molecule has 2 fully saturated rings. The van der Waals surface area contributed by atoms with Crippen molar-refractivity contribution in [1.29, 1.82) is 0 Å². The molecule has 0 spiro atoms. The monoisotopic (exact) mass is 302 g/mol. The van der Waals surface area contributed by atoms with Gasteiger partial charge in [-0.2, -0.15) is 0 Å². The zero-order valence-corrected chi connectivity index (χ0v) is 14.5. The molecule has 0 saturated heterocycles. The van der Waals surface area contributed by atoms with E-state index in [2.05, 4.69) is 34.3 Å². The van der Waals surface area contributed by atoms with Crippen LogP contribution in [-0.4, -0.2) is 17.0 Å². The summed E-state index contributed by atoms with van der Waals surface area (Å²) in [6.07, 6.45) is 6.34. The summed E-state index contributed by atoms with van der Waals surface area (Å²) in [5, 5.41) is 10.4. The normalized spacial score (nSPS) is 45.4. The Balaban J connectivity index is 2.04. The zero-order valence-electron chi connectivity index (χ0n) is 14.5. The molecule has 0 aromatic rings. The van der Waals surface area contributed by atoms with Crippen LogP contribution in [0, 0.1) is 28.6 Å². The van der Waals surface area contributed by atoms with E-state index in [1.807, 2.05) is 6.08 Å². The van der Waals surface area contributed by atoms with E-state index >= 15 is 0 Å². The van der Waals surface area contributed by atoms with Gasteiger partial charge in [0.25, 0.3) is 0 Å². The second-order valence-electron chi connectivity index (χ2n) is 8.74. The van der Waals surface area contributed by atoms with E-state index in [9.17, 15) is 9.90 Å². The van der Waals surface area contributed by atoms with Gasteiger partial charge < -0.3 is 5.11 Å². The van der Waals surface area contributed by atoms with Crippen molar-refractivity contribution in [2.24, 2.45) is 28.6 Å². The molecule has 0 radical (unpaired) electrons. The molecule has 3 aliphatic rings. The molecule has 22 heavy (non-hydrogen) atoms. The number of hydrogen-bond acceptors (Lipinski definition) is 2. The number of hydrogen-bond donors (Lipinski definition) is 1. The third kappa shape index (κ3) is 2.14. The lowest BCUT2D eigenvalue weighted by molar-refractivity contribution is -0.130. The highest BCUT2D eigenvalue weighted by atomic mass is 16.3. The van der Waals surface area contributed by atoms with Crippen LogP contribution in [0.15, 0.2) is 23.8 Å². The van der Waals surface area contributed by atoms with Crippen LogP contribution in [0.3, 0.4) is 0 Å².